The van der Waals surface area contributed by atoms with Gasteiger partial charge in [0, 0.05) is 12.3 Å². The van der Waals surface area contributed by atoms with Gasteiger partial charge in [-0.15, -0.1) is 5.10 Å². The molecule has 0 unspecified atom stereocenters. The first-order valence-electron chi connectivity index (χ1n) is 8.30. The maximum absolute atomic E-state index is 12.2. The van der Waals surface area contributed by atoms with E-state index in [9.17, 15) is 9.90 Å². The van der Waals surface area contributed by atoms with Crippen molar-refractivity contribution in [3.63, 3.8) is 0 Å². The summed E-state index contributed by atoms with van der Waals surface area (Å²) < 4.78 is 5.41. The summed E-state index contributed by atoms with van der Waals surface area (Å²) in [4.78, 5) is 16.4. The molecule has 2 aromatic heterocycles. The summed E-state index contributed by atoms with van der Waals surface area (Å²) in [5.74, 6) is 0.753. The average Bonchev–Trinajstić information content (AvgIpc) is 3.02. The Labute approximate surface area is 150 Å². The SMILES string of the molecule is C[C@H](O)COc1n[nH]c2cc(NC(=O)N[C@H](C)c3ccccc3)ncc12. The first kappa shape index (κ1) is 17.7. The summed E-state index contributed by atoms with van der Waals surface area (Å²) in [7, 11) is 0. The smallest absolute Gasteiger partial charge is 0.320 e. The molecule has 1 aromatic carbocycles. The topological polar surface area (TPSA) is 112 Å². The Morgan fingerprint density at radius 2 is 2.08 bits per heavy atom. The number of aromatic amines is 1. The van der Waals surface area contributed by atoms with E-state index >= 15 is 0 Å². The lowest BCUT2D eigenvalue weighted by Crippen LogP contribution is -2.31. The van der Waals surface area contributed by atoms with Crippen molar-refractivity contribution in [3.05, 3.63) is 48.2 Å². The largest absolute Gasteiger partial charge is 0.473 e. The summed E-state index contributed by atoms with van der Waals surface area (Å²) in [6, 6.07) is 10.9. The van der Waals surface area contributed by atoms with Crippen LogP contribution >= 0.6 is 0 Å². The first-order chi connectivity index (χ1) is 12.5. The number of rotatable bonds is 6. The molecule has 26 heavy (non-hydrogen) atoms. The van der Waals surface area contributed by atoms with E-state index in [0.717, 1.165) is 5.56 Å². The second-order valence-electron chi connectivity index (χ2n) is 6.03. The van der Waals surface area contributed by atoms with E-state index in [4.69, 9.17) is 4.74 Å². The minimum Gasteiger partial charge on any atom is -0.473 e. The van der Waals surface area contributed by atoms with Crippen molar-refractivity contribution in [2.45, 2.75) is 26.0 Å². The van der Waals surface area contributed by atoms with E-state index in [1.807, 2.05) is 37.3 Å². The highest BCUT2D eigenvalue weighted by atomic mass is 16.5. The van der Waals surface area contributed by atoms with Crippen LogP contribution in [0.3, 0.4) is 0 Å². The predicted octanol–water partition coefficient (Wildman–Crippen LogP) is 2.60. The molecule has 0 saturated heterocycles. The monoisotopic (exact) mass is 355 g/mol. The number of hydrogen-bond acceptors (Lipinski definition) is 5. The third-order valence-electron chi connectivity index (χ3n) is 3.76. The third-order valence-corrected chi connectivity index (χ3v) is 3.76. The van der Waals surface area contributed by atoms with Gasteiger partial charge >= 0.3 is 6.03 Å². The zero-order valence-corrected chi connectivity index (χ0v) is 14.6. The molecule has 3 rings (SSSR count). The third kappa shape index (κ3) is 4.28. The van der Waals surface area contributed by atoms with Gasteiger partial charge in [-0.25, -0.2) is 9.78 Å². The Balaban J connectivity index is 1.64. The molecule has 4 N–H and O–H groups in total. The number of pyridine rings is 1. The van der Waals surface area contributed by atoms with Gasteiger partial charge in [0.15, 0.2) is 0 Å². The minimum atomic E-state index is -0.592. The quantitative estimate of drug-likeness (QED) is 0.543. The number of urea groups is 1. The zero-order chi connectivity index (χ0) is 18.5. The van der Waals surface area contributed by atoms with E-state index in [1.54, 1.807) is 19.2 Å². The summed E-state index contributed by atoms with van der Waals surface area (Å²) >= 11 is 0. The van der Waals surface area contributed by atoms with Crippen molar-refractivity contribution in [2.75, 3.05) is 11.9 Å². The Kier molecular flexibility index (Phi) is 5.33. The van der Waals surface area contributed by atoms with Crippen LogP contribution < -0.4 is 15.4 Å². The molecule has 0 fully saturated rings. The second-order valence-corrected chi connectivity index (χ2v) is 6.03. The van der Waals surface area contributed by atoms with Gasteiger partial charge in [0.2, 0.25) is 5.88 Å². The van der Waals surface area contributed by atoms with Crippen molar-refractivity contribution < 1.29 is 14.6 Å². The van der Waals surface area contributed by atoms with Gasteiger partial charge in [-0.2, -0.15) is 0 Å². The van der Waals surface area contributed by atoms with Crippen molar-refractivity contribution in [1.82, 2.24) is 20.5 Å². The van der Waals surface area contributed by atoms with E-state index in [2.05, 4.69) is 25.8 Å². The van der Waals surface area contributed by atoms with E-state index in [-0.39, 0.29) is 18.7 Å². The predicted molar refractivity (Wildman–Crippen MR) is 98.1 cm³/mol. The molecule has 0 aliphatic rings. The van der Waals surface area contributed by atoms with Gasteiger partial charge in [-0.05, 0) is 19.4 Å². The number of aliphatic hydroxyl groups excluding tert-OH is 1. The molecule has 0 spiro atoms. The molecule has 2 amide bonds. The van der Waals surface area contributed by atoms with Gasteiger partial charge in [-0.1, -0.05) is 30.3 Å². The van der Waals surface area contributed by atoms with E-state index < -0.39 is 6.10 Å². The lowest BCUT2D eigenvalue weighted by molar-refractivity contribution is 0.120. The molecule has 0 aliphatic carbocycles. The summed E-state index contributed by atoms with van der Waals surface area (Å²) in [6.45, 7) is 3.68. The number of aliphatic hydroxyl groups is 1. The van der Waals surface area contributed by atoms with Crippen molar-refractivity contribution >= 4 is 22.8 Å². The van der Waals surface area contributed by atoms with E-state index in [1.165, 1.54) is 0 Å². The molecular weight excluding hydrogens is 334 g/mol. The van der Waals surface area contributed by atoms with Crippen LogP contribution in [-0.2, 0) is 0 Å². The fourth-order valence-electron chi connectivity index (χ4n) is 2.44. The maximum Gasteiger partial charge on any atom is 0.320 e. The van der Waals surface area contributed by atoms with Crippen molar-refractivity contribution in [2.24, 2.45) is 0 Å². The highest BCUT2D eigenvalue weighted by Crippen LogP contribution is 2.23. The van der Waals surface area contributed by atoms with E-state index in [0.29, 0.717) is 22.6 Å². The number of carbonyl (C=O) groups excluding carboxylic acids is 1. The van der Waals surface area contributed by atoms with Crippen LogP contribution in [0, 0.1) is 0 Å². The fourth-order valence-corrected chi connectivity index (χ4v) is 2.44. The molecule has 8 heteroatoms. The lowest BCUT2D eigenvalue weighted by Gasteiger charge is -2.14. The Morgan fingerprint density at radius 3 is 2.81 bits per heavy atom. The number of amides is 2. The van der Waals surface area contributed by atoms with Crippen LogP contribution in [0.1, 0.15) is 25.5 Å². The van der Waals surface area contributed by atoms with Crippen molar-refractivity contribution in [1.29, 1.82) is 0 Å². The highest BCUT2D eigenvalue weighted by Gasteiger charge is 2.12. The van der Waals surface area contributed by atoms with Gasteiger partial charge in [0.05, 0.1) is 23.0 Å². The zero-order valence-electron chi connectivity index (χ0n) is 14.6. The molecule has 136 valence electrons. The van der Waals surface area contributed by atoms with Gasteiger partial charge in [0.25, 0.3) is 0 Å². The Bertz CT molecular complexity index is 879. The van der Waals surface area contributed by atoms with Gasteiger partial charge in [-0.3, -0.25) is 10.4 Å². The molecule has 0 saturated carbocycles. The van der Waals surface area contributed by atoms with Crippen molar-refractivity contribution in [3.8, 4) is 5.88 Å². The molecule has 0 aliphatic heterocycles. The lowest BCUT2D eigenvalue weighted by atomic mass is 10.1. The van der Waals surface area contributed by atoms with Crippen LogP contribution in [0.15, 0.2) is 42.6 Å². The molecule has 0 bridgehead atoms. The maximum atomic E-state index is 12.2. The van der Waals surface area contributed by atoms with Crippen LogP contribution in [0.5, 0.6) is 5.88 Å². The fraction of sp³-hybridized carbons (Fsp3) is 0.278. The number of fused-ring (bicyclic) bond motifs is 1. The number of hydrogen-bond donors (Lipinski definition) is 4. The summed E-state index contributed by atoms with van der Waals surface area (Å²) in [5.41, 5.74) is 1.69. The average molecular weight is 355 g/mol. The number of H-pyrrole nitrogens is 1. The normalized spacial score (nSPS) is 13.2. The number of nitrogens with zero attached hydrogens (tertiary/aromatic N) is 2. The van der Waals surface area contributed by atoms with Crippen LogP contribution in [-0.4, -0.2) is 39.0 Å². The standard InChI is InChI=1S/C18H21N5O3/c1-11(24)10-26-17-14-9-19-16(8-15(14)22-23-17)21-18(25)20-12(2)13-6-4-3-5-7-13/h3-9,11-12,24H,10H2,1-2H3,(H,22,23)(H2,19,20,21,25)/t11-,12+/m0/s1. The number of carbonyl (C=O) groups is 1. The first-order valence-corrected chi connectivity index (χ1v) is 8.30. The van der Waals surface area contributed by atoms with Gasteiger partial charge < -0.3 is 15.2 Å². The highest BCUT2D eigenvalue weighted by molar-refractivity contribution is 5.92. The number of aromatic nitrogens is 3. The summed E-state index contributed by atoms with van der Waals surface area (Å²) in [5, 5.41) is 22.4. The molecule has 0 radical (unpaired) electrons. The number of benzene rings is 1. The minimum absolute atomic E-state index is 0.132. The van der Waals surface area contributed by atoms with Crippen LogP contribution in [0.25, 0.3) is 10.9 Å². The van der Waals surface area contributed by atoms with Crippen LogP contribution in [0.2, 0.25) is 0 Å². The van der Waals surface area contributed by atoms with Gasteiger partial charge in [0.1, 0.15) is 12.4 Å². The molecular formula is C18H21N5O3. The molecule has 2 atom stereocenters. The molecule has 2 heterocycles. The second kappa shape index (κ2) is 7.83. The number of nitrogens with one attached hydrogen (secondary N) is 3. The Hall–Kier alpha value is -3.13. The molecule has 8 nitrogen and oxygen atoms in total. The number of ether oxygens (including phenoxy) is 1. The molecule has 3 aromatic rings. The summed E-state index contributed by atoms with van der Waals surface area (Å²) in [6.07, 6.45) is 0.970. The number of anilines is 1. The van der Waals surface area contributed by atoms with Crippen LogP contribution in [0.4, 0.5) is 10.6 Å². The Morgan fingerprint density at radius 1 is 1.31 bits per heavy atom.